The van der Waals surface area contributed by atoms with Crippen LogP contribution in [0.25, 0.3) is 0 Å². The summed E-state index contributed by atoms with van der Waals surface area (Å²) < 4.78 is 10.5. The van der Waals surface area contributed by atoms with E-state index in [1.165, 1.54) is 0 Å². The number of aryl methyl sites for hydroxylation is 1. The van der Waals surface area contributed by atoms with Gasteiger partial charge in [0.2, 0.25) is 0 Å². The van der Waals surface area contributed by atoms with Crippen LogP contribution in [0, 0.1) is 0 Å². The van der Waals surface area contributed by atoms with E-state index in [9.17, 15) is 0 Å². The Morgan fingerprint density at radius 1 is 1.22 bits per heavy atom. The molecule has 0 aliphatic carbocycles. The zero-order valence-corrected chi connectivity index (χ0v) is 12.1. The van der Waals surface area contributed by atoms with Crippen LogP contribution in [0.4, 0.5) is 0 Å². The molecule has 2 N–H and O–H groups in total. The predicted molar refractivity (Wildman–Crippen MR) is 75.8 cm³/mol. The second kappa shape index (κ2) is 7.49. The molecule has 0 saturated carbocycles. The molecule has 0 heterocycles. The average Bonchev–Trinajstić information content (AvgIpc) is 2.38. The number of hydrogen-bond donors (Lipinski definition) is 1. The van der Waals surface area contributed by atoms with E-state index >= 15 is 0 Å². The van der Waals surface area contributed by atoms with E-state index in [0.29, 0.717) is 10.8 Å². The van der Waals surface area contributed by atoms with E-state index in [1.807, 2.05) is 12.1 Å². The first kappa shape index (κ1) is 15.1. The van der Waals surface area contributed by atoms with Crippen molar-refractivity contribution in [1.29, 1.82) is 0 Å². The molecule has 1 aromatic rings. The minimum absolute atomic E-state index is 0.282. The predicted octanol–water partition coefficient (Wildman–Crippen LogP) is 3.42. The van der Waals surface area contributed by atoms with E-state index < -0.39 is 0 Å². The number of hydrogen-bond acceptors (Lipinski definition) is 3. The third kappa shape index (κ3) is 4.07. The average molecular weight is 272 g/mol. The third-order valence-electron chi connectivity index (χ3n) is 3.10. The second-order valence-electron chi connectivity index (χ2n) is 4.36. The Morgan fingerprint density at radius 2 is 1.89 bits per heavy atom. The molecule has 3 nitrogen and oxygen atoms in total. The summed E-state index contributed by atoms with van der Waals surface area (Å²) in [7, 11) is 3.25. The lowest BCUT2D eigenvalue weighted by Gasteiger charge is -2.13. The molecule has 1 aromatic carbocycles. The zero-order valence-electron chi connectivity index (χ0n) is 11.3. The van der Waals surface area contributed by atoms with Crippen LogP contribution >= 0.6 is 11.6 Å². The maximum atomic E-state index is 6.12. The molecule has 1 unspecified atom stereocenters. The van der Waals surface area contributed by atoms with Crippen molar-refractivity contribution in [3.05, 3.63) is 22.7 Å². The van der Waals surface area contributed by atoms with Gasteiger partial charge < -0.3 is 15.2 Å². The smallest absolute Gasteiger partial charge is 0.141 e. The lowest BCUT2D eigenvalue weighted by Crippen LogP contribution is -2.18. The van der Waals surface area contributed by atoms with Gasteiger partial charge >= 0.3 is 0 Å². The minimum atomic E-state index is 0.282. The van der Waals surface area contributed by atoms with E-state index in [2.05, 4.69) is 6.92 Å². The molecule has 0 fully saturated rings. The molecule has 102 valence electrons. The molecular formula is C14H22ClNO2. The highest BCUT2D eigenvalue weighted by Crippen LogP contribution is 2.33. The van der Waals surface area contributed by atoms with Gasteiger partial charge in [0.25, 0.3) is 0 Å². The largest absolute Gasteiger partial charge is 0.496 e. The van der Waals surface area contributed by atoms with Gasteiger partial charge in [-0.05, 0) is 37.3 Å². The van der Waals surface area contributed by atoms with Crippen LogP contribution in [0.1, 0.15) is 31.7 Å². The van der Waals surface area contributed by atoms with Crippen LogP contribution in [-0.4, -0.2) is 20.3 Å². The van der Waals surface area contributed by atoms with Crippen LogP contribution < -0.4 is 15.2 Å². The van der Waals surface area contributed by atoms with Crippen molar-refractivity contribution in [2.75, 3.05) is 14.2 Å². The summed E-state index contributed by atoms with van der Waals surface area (Å²) in [5, 5.41) is 0.619. The van der Waals surface area contributed by atoms with E-state index in [0.717, 1.165) is 37.0 Å². The lowest BCUT2D eigenvalue weighted by atomic mass is 10.0. The number of ether oxygens (including phenoxy) is 2. The number of halogens is 1. The summed E-state index contributed by atoms with van der Waals surface area (Å²) in [6.45, 7) is 2.11. The maximum absolute atomic E-state index is 6.12. The van der Waals surface area contributed by atoms with Crippen LogP contribution in [0.15, 0.2) is 12.1 Å². The minimum Gasteiger partial charge on any atom is -0.496 e. The van der Waals surface area contributed by atoms with E-state index in [4.69, 9.17) is 26.8 Å². The van der Waals surface area contributed by atoms with Crippen LogP contribution in [0.2, 0.25) is 5.02 Å². The first-order valence-electron chi connectivity index (χ1n) is 6.28. The molecule has 0 amide bonds. The number of rotatable bonds is 7. The molecular weight excluding hydrogens is 250 g/mol. The molecule has 0 spiro atoms. The highest BCUT2D eigenvalue weighted by Gasteiger charge is 2.10. The summed E-state index contributed by atoms with van der Waals surface area (Å²) in [6.07, 6.45) is 3.98. The quantitative estimate of drug-likeness (QED) is 0.826. The first-order chi connectivity index (χ1) is 8.62. The van der Waals surface area contributed by atoms with Gasteiger partial charge in [-0.1, -0.05) is 18.5 Å². The Hall–Kier alpha value is -0.930. The summed E-state index contributed by atoms with van der Waals surface area (Å²) in [5.74, 6) is 1.46. The summed E-state index contributed by atoms with van der Waals surface area (Å²) in [6, 6.07) is 4.03. The highest BCUT2D eigenvalue weighted by molar-refractivity contribution is 6.32. The van der Waals surface area contributed by atoms with Crippen molar-refractivity contribution >= 4 is 11.6 Å². The molecule has 0 aromatic heterocycles. The first-order valence-corrected chi connectivity index (χ1v) is 6.66. The van der Waals surface area contributed by atoms with Gasteiger partial charge in [0.15, 0.2) is 0 Å². The Kier molecular flexibility index (Phi) is 6.30. The van der Waals surface area contributed by atoms with Gasteiger partial charge in [-0.3, -0.25) is 0 Å². The molecule has 18 heavy (non-hydrogen) atoms. The van der Waals surface area contributed by atoms with Gasteiger partial charge in [0.05, 0.1) is 19.2 Å². The van der Waals surface area contributed by atoms with Gasteiger partial charge in [-0.25, -0.2) is 0 Å². The molecule has 1 atom stereocenters. The molecule has 0 aliphatic heterocycles. The van der Waals surface area contributed by atoms with Crippen molar-refractivity contribution in [1.82, 2.24) is 0 Å². The maximum Gasteiger partial charge on any atom is 0.141 e. The highest BCUT2D eigenvalue weighted by atomic mass is 35.5. The SMILES string of the molecule is CCC(N)CCCc1cc(Cl)c(OC)cc1OC. The van der Waals surface area contributed by atoms with Crippen molar-refractivity contribution in [3.63, 3.8) is 0 Å². The molecule has 0 bridgehead atoms. The van der Waals surface area contributed by atoms with Crippen LogP contribution in [0.3, 0.4) is 0 Å². The number of benzene rings is 1. The standard InChI is InChI=1S/C14H22ClNO2/c1-4-11(16)7-5-6-10-8-12(15)14(18-3)9-13(10)17-2/h8-9,11H,4-7,16H2,1-3H3. The van der Waals surface area contributed by atoms with Gasteiger partial charge in [0, 0.05) is 12.1 Å². The van der Waals surface area contributed by atoms with Crippen molar-refractivity contribution in [2.24, 2.45) is 5.73 Å². The summed E-state index contributed by atoms with van der Waals surface area (Å²) >= 11 is 6.12. The van der Waals surface area contributed by atoms with Crippen LogP contribution in [0.5, 0.6) is 11.5 Å². The Balaban J connectivity index is 2.72. The fraction of sp³-hybridized carbons (Fsp3) is 0.571. The van der Waals surface area contributed by atoms with Crippen molar-refractivity contribution in [2.45, 2.75) is 38.6 Å². The fourth-order valence-corrected chi connectivity index (χ4v) is 2.14. The zero-order chi connectivity index (χ0) is 13.5. The van der Waals surface area contributed by atoms with Gasteiger partial charge in [-0.15, -0.1) is 0 Å². The summed E-state index contributed by atoms with van der Waals surface area (Å²) in [4.78, 5) is 0. The van der Waals surface area contributed by atoms with E-state index in [1.54, 1.807) is 14.2 Å². The molecule has 1 rings (SSSR count). The van der Waals surface area contributed by atoms with E-state index in [-0.39, 0.29) is 6.04 Å². The van der Waals surface area contributed by atoms with Crippen molar-refractivity contribution < 1.29 is 9.47 Å². The monoisotopic (exact) mass is 271 g/mol. The molecule has 0 aliphatic rings. The van der Waals surface area contributed by atoms with Crippen LogP contribution in [-0.2, 0) is 6.42 Å². The van der Waals surface area contributed by atoms with Crippen molar-refractivity contribution in [3.8, 4) is 11.5 Å². The van der Waals surface area contributed by atoms with Gasteiger partial charge in [0.1, 0.15) is 11.5 Å². The number of methoxy groups -OCH3 is 2. The Labute approximate surface area is 114 Å². The second-order valence-corrected chi connectivity index (χ2v) is 4.77. The summed E-state index contributed by atoms with van der Waals surface area (Å²) in [5.41, 5.74) is 7.01. The lowest BCUT2D eigenvalue weighted by molar-refractivity contribution is 0.390. The van der Waals surface area contributed by atoms with Gasteiger partial charge in [-0.2, -0.15) is 0 Å². The fourth-order valence-electron chi connectivity index (χ4n) is 1.88. The molecule has 4 heteroatoms. The Morgan fingerprint density at radius 3 is 2.44 bits per heavy atom. The third-order valence-corrected chi connectivity index (χ3v) is 3.40. The molecule has 0 saturated heterocycles. The normalized spacial score (nSPS) is 12.3. The Bertz CT molecular complexity index is 382. The number of nitrogens with two attached hydrogens (primary N) is 1. The molecule has 0 radical (unpaired) electrons. The topological polar surface area (TPSA) is 44.5 Å².